The predicted octanol–water partition coefficient (Wildman–Crippen LogP) is 2.94. The molecule has 110 valence electrons. The fourth-order valence-corrected chi connectivity index (χ4v) is 1.93. The molecule has 1 amide bonds. The van der Waals surface area contributed by atoms with Crippen molar-refractivity contribution in [2.75, 3.05) is 0 Å². The lowest BCUT2D eigenvalue weighted by Crippen LogP contribution is -2.32. The van der Waals surface area contributed by atoms with Gasteiger partial charge in [-0.15, -0.1) is 0 Å². The topological polar surface area (TPSA) is 85.4 Å². The summed E-state index contributed by atoms with van der Waals surface area (Å²) in [4.78, 5) is 22.1. The highest BCUT2D eigenvalue weighted by molar-refractivity contribution is 5.94. The number of nitro benzene ring substituents is 1. The van der Waals surface area contributed by atoms with E-state index in [9.17, 15) is 14.9 Å². The Morgan fingerprint density at radius 1 is 1.33 bits per heavy atom. The average molecular weight is 288 g/mol. The van der Waals surface area contributed by atoms with Crippen LogP contribution in [-0.4, -0.2) is 16.9 Å². The number of aryl methyl sites for hydroxylation is 1. The monoisotopic (exact) mass is 288 g/mol. The van der Waals surface area contributed by atoms with E-state index in [-0.39, 0.29) is 17.6 Å². The van der Waals surface area contributed by atoms with Crippen LogP contribution in [0.1, 0.15) is 29.5 Å². The minimum absolute atomic E-state index is 0.0159. The van der Waals surface area contributed by atoms with Crippen molar-refractivity contribution >= 4 is 11.6 Å². The van der Waals surface area contributed by atoms with Crippen LogP contribution in [-0.2, 0) is 6.42 Å². The summed E-state index contributed by atoms with van der Waals surface area (Å²) in [6.45, 7) is 1.91. The van der Waals surface area contributed by atoms with Crippen LogP contribution in [0.25, 0.3) is 0 Å². The van der Waals surface area contributed by atoms with Crippen molar-refractivity contribution in [2.24, 2.45) is 0 Å². The lowest BCUT2D eigenvalue weighted by Gasteiger charge is -2.13. The molecule has 0 bridgehead atoms. The SMILES string of the molecule is C[C@@H](CCc1ccco1)NC(=O)c1ccc([N+](=O)[O-])cc1. The van der Waals surface area contributed by atoms with E-state index in [2.05, 4.69) is 5.32 Å². The molecule has 6 heteroatoms. The van der Waals surface area contributed by atoms with Crippen molar-refractivity contribution in [3.63, 3.8) is 0 Å². The third kappa shape index (κ3) is 4.17. The minimum Gasteiger partial charge on any atom is -0.469 e. The first-order valence-corrected chi connectivity index (χ1v) is 6.64. The van der Waals surface area contributed by atoms with Crippen molar-refractivity contribution in [2.45, 2.75) is 25.8 Å². The number of rotatable bonds is 6. The van der Waals surface area contributed by atoms with E-state index in [0.29, 0.717) is 5.56 Å². The molecule has 0 spiro atoms. The summed E-state index contributed by atoms with van der Waals surface area (Å²) in [6, 6.07) is 9.25. The van der Waals surface area contributed by atoms with Crippen LogP contribution in [0.4, 0.5) is 5.69 Å². The predicted molar refractivity (Wildman–Crippen MR) is 77.1 cm³/mol. The van der Waals surface area contributed by atoms with E-state index >= 15 is 0 Å². The third-order valence-corrected chi connectivity index (χ3v) is 3.12. The number of carbonyl (C=O) groups excluding carboxylic acids is 1. The van der Waals surface area contributed by atoms with Gasteiger partial charge in [0.05, 0.1) is 11.2 Å². The van der Waals surface area contributed by atoms with Gasteiger partial charge >= 0.3 is 0 Å². The molecule has 0 aliphatic carbocycles. The summed E-state index contributed by atoms with van der Waals surface area (Å²) >= 11 is 0. The second-order valence-electron chi connectivity index (χ2n) is 4.80. The Bertz CT molecular complexity index is 605. The van der Waals surface area contributed by atoms with Crippen molar-refractivity contribution in [1.29, 1.82) is 0 Å². The van der Waals surface area contributed by atoms with Crippen LogP contribution in [0.5, 0.6) is 0 Å². The molecule has 2 rings (SSSR count). The highest BCUT2D eigenvalue weighted by Crippen LogP contribution is 2.12. The van der Waals surface area contributed by atoms with Gasteiger partial charge in [-0.25, -0.2) is 0 Å². The van der Waals surface area contributed by atoms with Crippen molar-refractivity contribution < 1.29 is 14.1 Å². The van der Waals surface area contributed by atoms with Crippen LogP contribution in [0, 0.1) is 10.1 Å². The van der Waals surface area contributed by atoms with Crippen LogP contribution in [0.2, 0.25) is 0 Å². The van der Waals surface area contributed by atoms with Crippen molar-refractivity contribution in [1.82, 2.24) is 5.32 Å². The number of furan rings is 1. The zero-order valence-corrected chi connectivity index (χ0v) is 11.6. The number of carbonyl (C=O) groups is 1. The second-order valence-corrected chi connectivity index (χ2v) is 4.80. The summed E-state index contributed by atoms with van der Waals surface area (Å²) < 4.78 is 5.23. The zero-order valence-electron chi connectivity index (χ0n) is 11.6. The molecular weight excluding hydrogens is 272 g/mol. The number of nitrogens with one attached hydrogen (secondary N) is 1. The first-order valence-electron chi connectivity index (χ1n) is 6.64. The molecule has 0 saturated heterocycles. The van der Waals surface area contributed by atoms with E-state index in [4.69, 9.17) is 4.42 Å². The molecule has 1 heterocycles. The number of benzene rings is 1. The van der Waals surface area contributed by atoms with Gasteiger partial charge in [-0.2, -0.15) is 0 Å². The highest BCUT2D eigenvalue weighted by atomic mass is 16.6. The summed E-state index contributed by atoms with van der Waals surface area (Å²) in [6.07, 6.45) is 3.12. The molecule has 0 aliphatic heterocycles. The number of nitrogens with zero attached hydrogens (tertiary/aromatic N) is 1. The quantitative estimate of drug-likeness (QED) is 0.654. The van der Waals surface area contributed by atoms with Gasteiger partial charge in [0.25, 0.3) is 11.6 Å². The molecule has 0 aliphatic rings. The van der Waals surface area contributed by atoms with Gasteiger partial charge in [0.1, 0.15) is 5.76 Å². The van der Waals surface area contributed by atoms with Gasteiger partial charge < -0.3 is 9.73 Å². The standard InChI is InChI=1S/C15H16N2O4/c1-11(4-9-14-3-2-10-21-14)16-15(18)12-5-7-13(8-6-12)17(19)20/h2-3,5-8,10-11H,4,9H2,1H3,(H,16,18)/t11-/m0/s1. The Hall–Kier alpha value is -2.63. The van der Waals surface area contributed by atoms with Crippen LogP contribution >= 0.6 is 0 Å². The van der Waals surface area contributed by atoms with E-state index in [1.54, 1.807) is 6.26 Å². The number of hydrogen-bond acceptors (Lipinski definition) is 4. The maximum atomic E-state index is 12.0. The molecule has 0 fully saturated rings. The molecule has 1 N–H and O–H groups in total. The van der Waals surface area contributed by atoms with E-state index < -0.39 is 4.92 Å². The molecule has 1 aromatic carbocycles. The van der Waals surface area contributed by atoms with Gasteiger partial charge in [-0.05, 0) is 37.6 Å². The van der Waals surface area contributed by atoms with Crippen molar-refractivity contribution in [3.8, 4) is 0 Å². The molecule has 21 heavy (non-hydrogen) atoms. The third-order valence-electron chi connectivity index (χ3n) is 3.12. The van der Waals surface area contributed by atoms with E-state index in [1.165, 1.54) is 24.3 Å². The lowest BCUT2D eigenvalue weighted by atomic mass is 10.1. The van der Waals surface area contributed by atoms with Gasteiger partial charge in [0.15, 0.2) is 0 Å². The number of non-ortho nitro benzene ring substituents is 1. The van der Waals surface area contributed by atoms with Crippen LogP contribution in [0.3, 0.4) is 0 Å². The van der Waals surface area contributed by atoms with Gasteiger partial charge in [0, 0.05) is 30.2 Å². The first kappa shape index (κ1) is 14.8. The largest absolute Gasteiger partial charge is 0.469 e. The Morgan fingerprint density at radius 3 is 2.62 bits per heavy atom. The Labute approximate surface area is 121 Å². The Balaban J connectivity index is 1.86. The maximum Gasteiger partial charge on any atom is 0.269 e. The second kappa shape index (κ2) is 6.69. The normalized spacial score (nSPS) is 11.9. The lowest BCUT2D eigenvalue weighted by molar-refractivity contribution is -0.384. The molecule has 2 aromatic rings. The Morgan fingerprint density at radius 2 is 2.05 bits per heavy atom. The first-order chi connectivity index (χ1) is 10.1. The Kier molecular flexibility index (Phi) is 4.71. The van der Waals surface area contributed by atoms with Gasteiger partial charge in [-0.1, -0.05) is 0 Å². The fraction of sp³-hybridized carbons (Fsp3) is 0.267. The summed E-state index contributed by atoms with van der Waals surface area (Å²) in [7, 11) is 0. The minimum atomic E-state index is -0.492. The summed E-state index contributed by atoms with van der Waals surface area (Å²) in [5, 5.41) is 13.4. The molecule has 1 aromatic heterocycles. The molecule has 6 nitrogen and oxygen atoms in total. The fourth-order valence-electron chi connectivity index (χ4n) is 1.93. The van der Waals surface area contributed by atoms with Crippen LogP contribution < -0.4 is 5.32 Å². The molecular formula is C15H16N2O4. The molecule has 0 saturated carbocycles. The van der Waals surface area contributed by atoms with Gasteiger partial charge in [0.2, 0.25) is 0 Å². The van der Waals surface area contributed by atoms with E-state index in [0.717, 1.165) is 18.6 Å². The highest BCUT2D eigenvalue weighted by Gasteiger charge is 2.12. The number of nitro groups is 1. The number of hydrogen-bond donors (Lipinski definition) is 1. The molecule has 0 radical (unpaired) electrons. The molecule has 0 unspecified atom stereocenters. The summed E-state index contributed by atoms with van der Waals surface area (Å²) in [5.41, 5.74) is 0.378. The summed E-state index contributed by atoms with van der Waals surface area (Å²) in [5.74, 6) is 0.642. The van der Waals surface area contributed by atoms with Gasteiger partial charge in [-0.3, -0.25) is 14.9 Å². The smallest absolute Gasteiger partial charge is 0.269 e. The van der Waals surface area contributed by atoms with E-state index in [1.807, 2.05) is 19.1 Å². The zero-order chi connectivity index (χ0) is 15.2. The number of amides is 1. The van der Waals surface area contributed by atoms with Crippen LogP contribution in [0.15, 0.2) is 47.1 Å². The average Bonchev–Trinajstić information content (AvgIpc) is 2.98. The molecule has 1 atom stereocenters. The van der Waals surface area contributed by atoms with Crippen molar-refractivity contribution in [3.05, 3.63) is 64.1 Å². The maximum absolute atomic E-state index is 12.0.